The lowest BCUT2D eigenvalue weighted by molar-refractivity contribution is -0.110. The molecule has 0 saturated carbocycles. The standard InChI is InChI=1S/C14H18O2/c1-10(8-15)6-11-4-5-13-12(7-11)14(2,3)9-16-13/h4-5,7-8,10H,6,9H2,1-3H3. The smallest absolute Gasteiger partial charge is 0.123 e. The van der Waals surface area contributed by atoms with Crippen molar-refractivity contribution >= 4 is 6.29 Å². The van der Waals surface area contributed by atoms with Crippen molar-refractivity contribution in [3.8, 4) is 5.75 Å². The van der Waals surface area contributed by atoms with E-state index < -0.39 is 0 Å². The van der Waals surface area contributed by atoms with Gasteiger partial charge in [0.2, 0.25) is 0 Å². The highest BCUT2D eigenvalue weighted by atomic mass is 16.5. The molecule has 16 heavy (non-hydrogen) atoms. The predicted octanol–water partition coefficient (Wildman–Crippen LogP) is 2.73. The molecule has 1 aliphatic rings. The molecule has 1 unspecified atom stereocenters. The van der Waals surface area contributed by atoms with E-state index in [9.17, 15) is 4.79 Å². The van der Waals surface area contributed by atoms with Crippen molar-refractivity contribution in [3.05, 3.63) is 29.3 Å². The zero-order chi connectivity index (χ0) is 11.8. The number of rotatable bonds is 3. The first-order valence-corrected chi connectivity index (χ1v) is 5.74. The molecule has 86 valence electrons. The van der Waals surface area contributed by atoms with Crippen LogP contribution in [0.15, 0.2) is 18.2 Å². The molecule has 1 heterocycles. The van der Waals surface area contributed by atoms with Gasteiger partial charge >= 0.3 is 0 Å². The highest BCUT2D eigenvalue weighted by Gasteiger charge is 2.31. The average molecular weight is 218 g/mol. The monoisotopic (exact) mass is 218 g/mol. The molecule has 0 fully saturated rings. The van der Waals surface area contributed by atoms with Gasteiger partial charge in [0.15, 0.2) is 0 Å². The molecule has 1 atom stereocenters. The topological polar surface area (TPSA) is 26.3 Å². The van der Waals surface area contributed by atoms with Crippen molar-refractivity contribution in [2.75, 3.05) is 6.61 Å². The fraction of sp³-hybridized carbons (Fsp3) is 0.500. The third kappa shape index (κ3) is 1.97. The molecule has 2 nitrogen and oxygen atoms in total. The lowest BCUT2D eigenvalue weighted by Gasteiger charge is -2.16. The third-order valence-corrected chi connectivity index (χ3v) is 3.15. The maximum Gasteiger partial charge on any atom is 0.123 e. The van der Waals surface area contributed by atoms with Crippen LogP contribution >= 0.6 is 0 Å². The van der Waals surface area contributed by atoms with E-state index in [1.165, 1.54) is 11.1 Å². The minimum Gasteiger partial charge on any atom is -0.492 e. The molecule has 0 spiro atoms. The van der Waals surface area contributed by atoms with Crippen LogP contribution in [0.2, 0.25) is 0 Å². The minimum atomic E-state index is 0.0866. The maximum atomic E-state index is 10.6. The van der Waals surface area contributed by atoms with E-state index in [4.69, 9.17) is 4.74 Å². The second kappa shape index (κ2) is 3.93. The number of aldehydes is 1. The van der Waals surface area contributed by atoms with Gasteiger partial charge in [0.05, 0.1) is 6.61 Å². The van der Waals surface area contributed by atoms with Gasteiger partial charge in [-0.2, -0.15) is 0 Å². The van der Waals surface area contributed by atoms with Gasteiger partial charge < -0.3 is 9.53 Å². The van der Waals surface area contributed by atoms with Crippen molar-refractivity contribution in [2.45, 2.75) is 32.6 Å². The Morgan fingerprint density at radius 2 is 2.25 bits per heavy atom. The molecule has 2 rings (SSSR count). The summed E-state index contributed by atoms with van der Waals surface area (Å²) in [4.78, 5) is 10.6. The maximum absolute atomic E-state index is 10.6. The second-order valence-corrected chi connectivity index (χ2v) is 5.32. The predicted molar refractivity (Wildman–Crippen MR) is 63.9 cm³/mol. The molecule has 0 aliphatic carbocycles. The SMILES string of the molecule is CC(C=O)Cc1ccc2c(c1)C(C)(C)CO2. The summed E-state index contributed by atoms with van der Waals surface area (Å²) in [5, 5.41) is 0. The summed E-state index contributed by atoms with van der Waals surface area (Å²) in [6.45, 7) is 7.06. The van der Waals surface area contributed by atoms with Crippen LogP contribution in [-0.4, -0.2) is 12.9 Å². The number of hydrogen-bond acceptors (Lipinski definition) is 2. The zero-order valence-electron chi connectivity index (χ0n) is 10.1. The van der Waals surface area contributed by atoms with Crippen molar-refractivity contribution < 1.29 is 9.53 Å². The van der Waals surface area contributed by atoms with Crippen molar-refractivity contribution in [1.82, 2.24) is 0 Å². The average Bonchev–Trinajstić information content (AvgIpc) is 2.55. The highest BCUT2D eigenvalue weighted by Crippen LogP contribution is 2.38. The lowest BCUT2D eigenvalue weighted by atomic mass is 9.85. The Bertz CT molecular complexity index is 407. The number of carbonyl (C=O) groups excluding carboxylic acids is 1. The molecule has 1 aromatic rings. The van der Waals surface area contributed by atoms with Gasteiger partial charge in [0.1, 0.15) is 12.0 Å². The lowest BCUT2D eigenvalue weighted by Crippen LogP contribution is -2.18. The first-order valence-electron chi connectivity index (χ1n) is 5.74. The van der Waals surface area contributed by atoms with Crippen LogP contribution in [0.3, 0.4) is 0 Å². The Labute approximate surface area is 96.6 Å². The molecule has 0 amide bonds. The number of hydrogen-bond donors (Lipinski definition) is 0. The first-order chi connectivity index (χ1) is 7.53. The van der Waals surface area contributed by atoms with Crippen LogP contribution in [-0.2, 0) is 16.6 Å². The number of carbonyl (C=O) groups is 1. The van der Waals surface area contributed by atoms with E-state index in [1.54, 1.807) is 0 Å². The molecule has 0 bridgehead atoms. The Morgan fingerprint density at radius 3 is 2.94 bits per heavy atom. The summed E-state index contributed by atoms with van der Waals surface area (Å²) < 4.78 is 5.63. The van der Waals surface area contributed by atoms with Crippen LogP contribution < -0.4 is 4.74 Å². The number of fused-ring (bicyclic) bond motifs is 1. The molecule has 2 heteroatoms. The summed E-state index contributed by atoms with van der Waals surface area (Å²) in [5.41, 5.74) is 2.58. The van der Waals surface area contributed by atoms with E-state index in [-0.39, 0.29) is 11.3 Å². The molecule has 1 aromatic carbocycles. The number of benzene rings is 1. The van der Waals surface area contributed by atoms with Crippen molar-refractivity contribution in [2.24, 2.45) is 5.92 Å². The largest absolute Gasteiger partial charge is 0.492 e. The quantitative estimate of drug-likeness (QED) is 0.729. The summed E-state index contributed by atoms with van der Waals surface area (Å²) in [7, 11) is 0. The zero-order valence-corrected chi connectivity index (χ0v) is 10.1. The molecule has 0 radical (unpaired) electrons. The Kier molecular flexibility index (Phi) is 2.75. The first kappa shape index (κ1) is 11.2. The summed E-state index contributed by atoms with van der Waals surface area (Å²) >= 11 is 0. The summed E-state index contributed by atoms with van der Waals surface area (Å²) in [6, 6.07) is 6.26. The van der Waals surface area contributed by atoms with Gasteiger partial charge in [0, 0.05) is 16.9 Å². The van der Waals surface area contributed by atoms with Crippen molar-refractivity contribution in [3.63, 3.8) is 0 Å². The fourth-order valence-electron chi connectivity index (χ4n) is 2.11. The highest BCUT2D eigenvalue weighted by molar-refractivity contribution is 5.54. The van der Waals surface area contributed by atoms with Gasteiger partial charge in [-0.15, -0.1) is 0 Å². The molecular formula is C14H18O2. The molecule has 0 saturated heterocycles. The summed E-state index contributed by atoms with van der Waals surface area (Å²) in [5.74, 6) is 1.08. The Morgan fingerprint density at radius 1 is 1.50 bits per heavy atom. The summed E-state index contributed by atoms with van der Waals surface area (Å²) in [6.07, 6.45) is 1.82. The van der Waals surface area contributed by atoms with E-state index in [0.717, 1.165) is 25.1 Å². The van der Waals surface area contributed by atoms with Gasteiger partial charge in [-0.05, 0) is 18.1 Å². The van der Waals surface area contributed by atoms with Gasteiger partial charge in [-0.25, -0.2) is 0 Å². The second-order valence-electron chi connectivity index (χ2n) is 5.32. The molecular weight excluding hydrogens is 200 g/mol. The van der Waals surface area contributed by atoms with Gasteiger partial charge in [-0.3, -0.25) is 0 Å². The van der Waals surface area contributed by atoms with Crippen molar-refractivity contribution in [1.29, 1.82) is 0 Å². The Hall–Kier alpha value is -1.31. The van der Waals surface area contributed by atoms with Crippen LogP contribution in [0.1, 0.15) is 31.9 Å². The van der Waals surface area contributed by atoms with Crippen LogP contribution in [0.4, 0.5) is 0 Å². The third-order valence-electron chi connectivity index (χ3n) is 3.15. The van der Waals surface area contributed by atoms with E-state index in [1.807, 2.05) is 13.0 Å². The van der Waals surface area contributed by atoms with Crippen LogP contribution in [0.25, 0.3) is 0 Å². The van der Waals surface area contributed by atoms with E-state index in [0.29, 0.717) is 0 Å². The van der Waals surface area contributed by atoms with E-state index >= 15 is 0 Å². The normalized spacial score (nSPS) is 18.7. The van der Waals surface area contributed by atoms with E-state index in [2.05, 4.69) is 26.0 Å². The molecule has 0 N–H and O–H groups in total. The van der Waals surface area contributed by atoms with Crippen LogP contribution in [0, 0.1) is 5.92 Å². The van der Waals surface area contributed by atoms with Gasteiger partial charge in [0.25, 0.3) is 0 Å². The van der Waals surface area contributed by atoms with Crippen LogP contribution in [0.5, 0.6) is 5.75 Å². The fourth-order valence-corrected chi connectivity index (χ4v) is 2.11. The Balaban J connectivity index is 2.29. The molecule has 0 aromatic heterocycles. The number of ether oxygens (including phenoxy) is 1. The van der Waals surface area contributed by atoms with Gasteiger partial charge in [-0.1, -0.05) is 32.9 Å². The minimum absolute atomic E-state index is 0.0866. The molecule has 1 aliphatic heterocycles.